The molecule has 118 valence electrons. The minimum atomic E-state index is -1.59. The Morgan fingerprint density at radius 3 is 1.86 bits per heavy atom. The zero-order chi connectivity index (χ0) is 16.4. The molecule has 3 heteroatoms. The zero-order valence-electron chi connectivity index (χ0n) is 14.5. The van der Waals surface area contributed by atoms with Gasteiger partial charge in [-0.15, -0.1) is 0 Å². The molecule has 2 rings (SSSR count). The molecule has 1 unspecified atom stereocenters. The minimum Gasteiger partial charge on any atom is -0.170 e. The van der Waals surface area contributed by atoms with Crippen molar-refractivity contribution in [1.82, 2.24) is 4.67 Å². The molecule has 0 aliphatic heterocycles. The summed E-state index contributed by atoms with van der Waals surface area (Å²) < 4.78 is 2.47. The van der Waals surface area contributed by atoms with Crippen molar-refractivity contribution in [3.05, 3.63) is 60.2 Å². The fourth-order valence-corrected chi connectivity index (χ4v) is 10.3. The molecule has 0 saturated heterocycles. The molecule has 0 radical (unpaired) electrons. The van der Waals surface area contributed by atoms with Crippen LogP contribution >= 0.6 is 18.0 Å². The van der Waals surface area contributed by atoms with E-state index in [9.17, 15) is 0 Å². The van der Waals surface area contributed by atoms with Crippen molar-refractivity contribution in [1.29, 1.82) is 0 Å². The number of nitrogens with zero attached hydrogens (tertiary/aromatic N) is 1. The lowest BCUT2D eigenvalue weighted by molar-refractivity contribution is 0.632. The predicted octanol–water partition coefficient (Wildman–Crippen LogP) is 5.62. The highest BCUT2D eigenvalue weighted by molar-refractivity contribution is 8.64. The van der Waals surface area contributed by atoms with Crippen molar-refractivity contribution in [3.63, 3.8) is 0 Å². The van der Waals surface area contributed by atoms with E-state index >= 15 is 0 Å². The Bertz CT molecular complexity index is 602. The molecule has 22 heavy (non-hydrogen) atoms. The number of aryl methyl sites for hydroxylation is 1. The molecule has 0 spiro atoms. The number of hydrogen-bond acceptors (Lipinski definition) is 2. The highest BCUT2D eigenvalue weighted by Crippen LogP contribution is 2.79. The number of hydrogen-bond donors (Lipinski definition) is 0. The molecule has 0 fully saturated rings. The molecule has 0 saturated carbocycles. The molecule has 0 aromatic heterocycles. The molecule has 0 N–H and O–H groups in total. The van der Waals surface area contributed by atoms with Gasteiger partial charge in [0.2, 0.25) is 0 Å². The Labute approximate surface area is 140 Å². The minimum absolute atomic E-state index is 0.188. The van der Waals surface area contributed by atoms with Crippen LogP contribution in [0.2, 0.25) is 0 Å². The van der Waals surface area contributed by atoms with Crippen molar-refractivity contribution in [2.24, 2.45) is 0 Å². The second-order valence-electron chi connectivity index (χ2n) is 6.83. The summed E-state index contributed by atoms with van der Waals surface area (Å²) in [5, 5.41) is 1.64. The lowest BCUT2D eigenvalue weighted by atomic mass is 10.2. The quantitative estimate of drug-likeness (QED) is 0.669. The maximum Gasteiger partial charge on any atom is 0.185 e. The lowest BCUT2D eigenvalue weighted by Crippen LogP contribution is -2.35. The van der Waals surface area contributed by atoms with Crippen LogP contribution in [0.3, 0.4) is 0 Å². The van der Waals surface area contributed by atoms with Crippen LogP contribution in [0.25, 0.3) is 0 Å². The van der Waals surface area contributed by atoms with E-state index in [1.165, 1.54) is 15.8 Å². The topological polar surface area (TPSA) is 3.24 Å². The highest BCUT2D eigenvalue weighted by atomic mass is 32.7. The van der Waals surface area contributed by atoms with E-state index in [-0.39, 0.29) is 5.16 Å². The van der Waals surface area contributed by atoms with Crippen LogP contribution in [-0.4, -0.2) is 23.9 Å². The lowest BCUT2D eigenvalue weighted by Gasteiger charge is -2.40. The van der Waals surface area contributed by atoms with Gasteiger partial charge in [-0.25, -0.2) is 0 Å². The van der Waals surface area contributed by atoms with E-state index in [0.717, 1.165) is 0 Å². The van der Waals surface area contributed by atoms with Gasteiger partial charge in [0.05, 0.1) is 11.4 Å². The Balaban J connectivity index is 2.56. The molecule has 0 amide bonds. The smallest absolute Gasteiger partial charge is 0.170 e. The molecule has 0 aliphatic rings. The summed E-state index contributed by atoms with van der Waals surface area (Å²) >= 11 is 2.05. The van der Waals surface area contributed by atoms with Gasteiger partial charge in [-0.05, 0) is 52.0 Å². The van der Waals surface area contributed by atoms with Gasteiger partial charge in [-0.3, -0.25) is 0 Å². The van der Waals surface area contributed by atoms with E-state index in [4.69, 9.17) is 0 Å². The molecule has 0 bridgehead atoms. The molecule has 0 heterocycles. The maximum atomic E-state index is 2.47. The monoisotopic (exact) mass is 332 g/mol. The van der Waals surface area contributed by atoms with Crippen LogP contribution in [0.4, 0.5) is 0 Å². The van der Waals surface area contributed by atoms with Crippen LogP contribution in [0.5, 0.6) is 0 Å². The summed E-state index contributed by atoms with van der Waals surface area (Å²) in [4.78, 5) is 1.35. The van der Waals surface area contributed by atoms with Gasteiger partial charge in [-0.2, -0.15) is 4.67 Å². The van der Waals surface area contributed by atoms with Crippen LogP contribution in [0.15, 0.2) is 59.5 Å². The average molecular weight is 332 g/mol. The van der Waals surface area contributed by atoms with Gasteiger partial charge < -0.3 is 0 Å². The summed E-state index contributed by atoms with van der Waals surface area (Å²) in [5.74, 6) is 0. The molecule has 0 aliphatic carbocycles. The van der Waals surface area contributed by atoms with E-state index in [1.54, 1.807) is 0 Å². The van der Waals surface area contributed by atoms with Crippen molar-refractivity contribution in [3.8, 4) is 0 Å². The van der Waals surface area contributed by atoms with E-state index in [1.807, 2.05) is 0 Å². The zero-order valence-corrected chi connectivity index (χ0v) is 16.2. The normalized spacial score (nSPS) is 14.9. The molecule has 2 aromatic rings. The fraction of sp³-hybridized carbons (Fsp3) is 0.368. The third-order valence-electron chi connectivity index (χ3n) is 3.84. The van der Waals surface area contributed by atoms with Crippen molar-refractivity contribution in [2.45, 2.75) is 37.7 Å². The highest BCUT2D eigenvalue weighted by Gasteiger charge is 2.56. The van der Waals surface area contributed by atoms with Crippen molar-refractivity contribution < 1.29 is 0 Å². The van der Waals surface area contributed by atoms with Crippen molar-refractivity contribution >= 4 is 23.3 Å². The van der Waals surface area contributed by atoms with E-state index < -0.39 is 6.62 Å². The summed E-state index contributed by atoms with van der Waals surface area (Å²) in [5.41, 5.74) is 1.31. The van der Waals surface area contributed by atoms with Crippen LogP contribution < -0.4 is 5.30 Å². The first-order chi connectivity index (χ1) is 10.3. The van der Waals surface area contributed by atoms with Crippen LogP contribution in [0.1, 0.15) is 26.3 Å². The molecule has 1 atom stereocenters. The third kappa shape index (κ3) is 3.40. The van der Waals surface area contributed by atoms with Crippen LogP contribution in [-0.2, 0) is 0 Å². The van der Waals surface area contributed by atoms with Crippen LogP contribution in [0, 0.1) is 6.92 Å². The SMILES string of the molecule is Cc1ccc(S[P+](c2ccccc2)(N(C)C)C(C)(C)C)cc1. The number of benzene rings is 2. The van der Waals surface area contributed by atoms with Gasteiger partial charge in [0, 0.05) is 19.0 Å². The number of rotatable bonds is 4. The molecular formula is C19H27NPS+. The Kier molecular flexibility index (Phi) is 5.37. The second kappa shape index (κ2) is 6.74. The van der Waals surface area contributed by atoms with E-state index in [0.29, 0.717) is 0 Å². The van der Waals surface area contributed by atoms with Gasteiger partial charge >= 0.3 is 0 Å². The first-order valence-electron chi connectivity index (χ1n) is 7.66. The predicted molar refractivity (Wildman–Crippen MR) is 103 cm³/mol. The largest absolute Gasteiger partial charge is 0.185 e. The molecule has 1 nitrogen and oxygen atoms in total. The molecular weight excluding hydrogens is 305 g/mol. The molecule has 2 aromatic carbocycles. The summed E-state index contributed by atoms with van der Waals surface area (Å²) in [7, 11) is 4.46. The van der Waals surface area contributed by atoms with Gasteiger partial charge in [-0.1, -0.05) is 35.9 Å². The summed E-state index contributed by atoms with van der Waals surface area (Å²) in [6.45, 7) is 7.66. The Morgan fingerprint density at radius 2 is 1.41 bits per heavy atom. The summed E-state index contributed by atoms with van der Waals surface area (Å²) in [6.07, 6.45) is 0. The Hall–Kier alpha value is -0.820. The first kappa shape index (κ1) is 17.5. The standard InChI is InChI=1S/C19H27NPS/c1-16-12-14-18(15-13-16)22-21(20(5)6,19(2,3)4)17-10-8-7-9-11-17/h7-15H,1-6H3/q+1. The third-order valence-corrected chi connectivity index (χ3v) is 13.2. The van der Waals surface area contributed by atoms with Gasteiger partial charge in [0.25, 0.3) is 0 Å². The van der Waals surface area contributed by atoms with Gasteiger partial charge in [0.15, 0.2) is 6.62 Å². The second-order valence-corrected chi connectivity index (χ2v) is 13.4. The van der Waals surface area contributed by atoms with Gasteiger partial charge in [0.1, 0.15) is 10.5 Å². The van der Waals surface area contributed by atoms with Crippen molar-refractivity contribution in [2.75, 3.05) is 14.1 Å². The van der Waals surface area contributed by atoms with E-state index in [2.05, 4.69) is 112 Å². The average Bonchev–Trinajstić information content (AvgIpc) is 2.46. The Morgan fingerprint density at radius 1 is 0.864 bits per heavy atom. The summed E-state index contributed by atoms with van der Waals surface area (Å²) in [6, 6.07) is 19.9. The fourth-order valence-electron chi connectivity index (χ4n) is 2.87. The maximum absolute atomic E-state index is 2.47. The first-order valence-corrected chi connectivity index (χ1v) is 10.8.